The molecule has 0 amide bonds. The Morgan fingerprint density at radius 1 is 1.25 bits per heavy atom. The summed E-state index contributed by atoms with van der Waals surface area (Å²) in [7, 11) is 0. The van der Waals surface area contributed by atoms with Gasteiger partial charge in [0.15, 0.2) is 0 Å². The third-order valence-corrected chi connectivity index (χ3v) is 4.41. The van der Waals surface area contributed by atoms with Crippen molar-refractivity contribution in [2.75, 3.05) is 13.2 Å². The van der Waals surface area contributed by atoms with Gasteiger partial charge in [-0.3, -0.25) is 0 Å². The smallest absolute Gasteiger partial charge is 0.266 e. The second-order valence-corrected chi connectivity index (χ2v) is 5.67. The normalized spacial score (nSPS) is 23.9. The van der Waals surface area contributed by atoms with Gasteiger partial charge >= 0.3 is 0 Å². The lowest BCUT2D eigenvalue weighted by Crippen LogP contribution is -2.18. The van der Waals surface area contributed by atoms with E-state index in [9.17, 15) is 0 Å². The molecule has 104 valence electrons. The maximum Gasteiger partial charge on any atom is 0.266 e. The molecule has 20 heavy (non-hydrogen) atoms. The molecule has 1 aliphatic carbocycles. The van der Waals surface area contributed by atoms with E-state index in [0.717, 1.165) is 38.4 Å². The number of aromatic nitrogens is 4. The van der Waals surface area contributed by atoms with Crippen molar-refractivity contribution in [1.29, 1.82) is 0 Å². The molecule has 2 aromatic heterocycles. The second kappa shape index (κ2) is 4.34. The van der Waals surface area contributed by atoms with E-state index in [1.165, 1.54) is 0 Å². The predicted molar refractivity (Wildman–Crippen MR) is 69.9 cm³/mol. The number of hydrogen-bond acceptors (Lipinski definition) is 6. The van der Waals surface area contributed by atoms with Crippen molar-refractivity contribution >= 4 is 0 Å². The third-order valence-electron chi connectivity index (χ3n) is 4.41. The van der Waals surface area contributed by atoms with Gasteiger partial charge < -0.3 is 9.15 Å². The molecular weight excluding hydrogens is 256 g/mol. The molecule has 0 radical (unpaired) electrons. The van der Waals surface area contributed by atoms with Crippen LogP contribution in [0.5, 0.6) is 0 Å². The van der Waals surface area contributed by atoms with Crippen LogP contribution in [0.2, 0.25) is 0 Å². The van der Waals surface area contributed by atoms with Crippen LogP contribution >= 0.6 is 0 Å². The number of nitrogens with zero attached hydrogens (tertiary/aromatic N) is 4. The van der Waals surface area contributed by atoms with Crippen LogP contribution < -0.4 is 0 Å². The lowest BCUT2D eigenvalue weighted by Gasteiger charge is -2.21. The van der Waals surface area contributed by atoms with Crippen LogP contribution in [0.3, 0.4) is 0 Å². The van der Waals surface area contributed by atoms with E-state index in [0.29, 0.717) is 28.7 Å². The Balaban J connectivity index is 1.57. The molecule has 1 spiro atoms. The Bertz CT molecular complexity index is 634. The van der Waals surface area contributed by atoms with Gasteiger partial charge in [0.05, 0.1) is 0 Å². The summed E-state index contributed by atoms with van der Waals surface area (Å²) in [6.45, 7) is 3.55. The molecule has 1 aliphatic heterocycles. The predicted octanol–water partition coefficient (Wildman–Crippen LogP) is 2.12. The molecule has 1 saturated heterocycles. The van der Waals surface area contributed by atoms with E-state index in [1.54, 1.807) is 12.3 Å². The van der Waals surface area contributed by atoms with E-state index < -0.39 is 0 Å². The summed E-state index contributed by atoms with van der Waals surface area (Å²) in [4.78, 5) is 8.39. The van der Waals surface area contributed by atoms with Gasteiger partial charge in [-0.25, -0.2) is 9.97 Å². The van der Waals surface area contributed by atoms with Gasteiger partial charge in [-0.1, -0.05) is 0 Å². The summed E-state index contributed by atoms with van der Waals surface area (Å²) in [5, 5.41) is 8.34. The SMILES string of the molecule is Cc1nccc(-c2nnc(C3CC34CCOCC4)o2)n1. The van der Waals surface area contributed by atoms with Crippen LogP contribution in [-0.2, 0) is 4.74 Å². The van der Waals surface area contributed by atoms with E-state index in [-0.39, 0.29) is 0 Å². The molecule has 3 heterocycles. The van der Waals surface area contributed by atoms with Gasteiger partial charge in [-0.2, -0.15) is 0 Å². The minimum Gasteiger partial charge on any atom is -0.419 e. The molecule has 0 N–H and O–H groups in total. The molecule has 1 atom stereocenters. The Labute approximate surface area is 116 Å². The fourth-order valence-electron chi connectivity index (χ4n) is 3.08. The van der Waals surface area contributed by atoms with E-state index in [4.69, 9.17) is 9.15 Å². The third kappa shape index (κ3) is 1.91. The van der Waals surface area contributed by atoms with Crippen LogP contribution in [0.1, 0.15) is 36.9 Å². The van der Waals surface area contributed by atoms with Crippen molar-refractivity contribution < 1.29 is 9.15 Å². The minimum atomic E-state index is 0.351. The van der Waals surface area contributed by atoms with Crippen LogP contribution in [0.25, 0.3) is 11.6 Å². The van der Waals surface area contributed by atoms with Gasteiger partial charge in [0, 0.05) is 25.3 Å². The monoisotopic (exact) mass is 272 g/mol. The van der Waals surface area contributed by atoms with Crippen LogP contribution in [-0.4, -0.2) is 33.4 Å². The Morgan fingerprint density at radius 3 is 2.90 bits per heavy atom. The average Bonchev–Trinajstić information content (AvgIpc) is 2.95. The molecule has 1 unspecified atom stereocenters. The zero-order valence-electron chi connectivity index (χ0n) is 11.4. The first kappa shape index (κ1) is 12.0. The largest absolute Gasteiger partial charge is 0.419 e. The van der Waals surface area contributed by atoms with Crippen molar-refractivity contribution in [3.05, 3.63) is 24.0 Å². The van der Waals surface area contributed by atoms with Crippen molar-refractivity contribution in [3.8, 4) is 11.6 Å². The highest BCUT2D eigenvalue weighted by Gasteiger charge is 2.57. The summed E-state index contributed by atoms with van der Waals surface area (Å²) in [6, 6.07) is 1.79. The van der Waals surface area contributed by atoms with Gasteiger partial charge in [-0.15, -0.1) is 10.2 Å². The Hall–Kier alpha value is -1.82. The Kier molecular flexibility index (Phi) is 2.60. The van der Waals surface area contributed by atoms with Crippen LogP contribution in [0, 0.1) is 12.3 Å². The molecular formula is C14H16N4O2. The summed E-state index contributed by atoms with van der Waals surface area (Å²) < 4.78 is 11.3. The summed E-state index contributed by atoms with van der Waals surface area (Å²) in [5.41, 5.74) is 1.04. The summed E-state index contributed by atoms with van der Waals surface area (Å²) in [5.74, 6) is 2.34. The number of rotatable bonds is 2. The van der Waals surface area contributed by atoms with Gasteiger partial charge in [0.2, 0.25) is 5.89 Å². The molecule has 2 fully saturated rings. The first-order valence-corrected chi connectivity index (χ1v) is 6.98. The maximum absolute atomic E-state index is 5.82. The first-order valence-electron chi connectivity index (χ1n) is 6.98. The lowest BCUT2D eigenvalue weighted by atomic mass is 9.94. The van der Waals surface area contributed by atoms with Gasteiger partial charge in [0.1, 0.15) is 11.5 Å². The van der Waals surface area contributed by atoms with Gasteiger partial charge in [0.25, 0.3) is 5.89 Å². The van der Waals surface area contributed by atoms with Crippen LogP contribution in [0.15, 0.2) is 16.7 Å². The molecule has 4 rings (SSSR count). The van der Waals surface area contributed by atoms with Crippen molar-refractivity contribution in [1.82, 2.24) is 20.2 Å². The fourth-order valence-corrected chi connectivity index (χ4v) is 3.08. The first-order chi connectivity index (χ1) is 9.77. The highest BCUT2D eigenvalue weighted by atomic mass is 16.5. The van der Waals surface area contributed by atoms with E-state index >= 15 is 0 Å². The van der Waals surface area contributed by atoms with E-state index in [2.05, 4.69) is 20.2 Å². The molecule has 0 aromatic carbocycles. The van der Waals surface area contributed by atoms with E-state index in [1.807, 2.05) is 6.92 Å². The zero-order valence-corrected chi connectivity index (χ0v) is 11.4. The van der Waals surface area contributed by atoms with Crippen molar-refractivity contribution in [2.24, 2.45) is 5.41 Å². The average molecular weight is 272 g/mol. The molecule has 0 bridgehead atoms. The number of ether oxygens (including phenoxy) is 1. The fraction of sp³-hybridized carbons (Fsp3) is 0.571. The minimum absolute atomic E-state index is 0.351. The molecule has 6 nitrogen and oxygen atoms in total. The molecule has 6 heteroatoms. The second-order valence-electron chi connectivity index (χ2n) is 5.67. The number of aryl methyl sites for hydroxylation is 1. The summed E-state index contributed by atoms with van der Waals surface area (Å²) in [6.07, 6.45) is 5.05. The van der Waals surface area contributed by atoms with Gasteiger partial charge in [-0.05, 0) is 37.7 Å². The highest BCUT2D eigenvalue weighted by molar-refractivity contribution is 5.45. The van der Waals surface area contributed by atoms with Crippen molar-refractivity contribution in [3.63, 3.8) is 0 Å². The summed E-state index contributed by atoms with van der Waals surface area (Å²) >= 11 is 0. The standard InChI is InChI=1S/C14H16N4O2/c1-9-15-5-2-11(16-9)13-18-17-12(20-13)10-8-14(10)3-6-19-7-4-14/h2,5,10H,3-4,6-8H2,1H3. The van der Waals surface area contributed by atoms with Crippen molar-refractivity contribution in [2.45, 2.75) is 32.1 Å². The number of hydrogen-bond donors (Lipinski definition) is 0. The lowest BCUT2D eigenvalue weighted by molar-refractivity contribution is 0.0547. The molecule has 2 aromatic rings. The zero-order chi connectivity index (χ0) is 13.6. The quantitative estimate of drug-likeness (QED) is 0.833. The topological polar surface area (TPSA) is 73.9 Å². The van der Waals surface area contributed by atoms with Crippen LogP contribution in [0.4, 0.5) is 0 Å². The Morgan fingerprint density at radius 2 is 2.10 bits per heavy atom. The molecule has 2 aliphatic rings. The molecule has 1 saturated carbocycles. The maximum atomic E-state index is 5.82. The highest BCUT2D eigenvalue weighted by Crippen LogP contribution is 2.64.